The van der Waals surface area contributed by atoms with Gasteiger partial charge in [-0.2, -0.15) is 0 Å². The Bertz CT molecular complexity index is 1310. The van der Waals surface area contributed by atoms with Gasteiger partial charge >= 0.3 is 5.97 Å². The highest BCUT2D eigenvalue weighted by atomic mass is 79.9. The van der Waals surface area contributed by atoms with Gasteiger partial charge in [0.2, 0.25) is 17.7 Å². The lowest BCUT2D eigenvalue weighted by molar-refractivity contribution is -0.161. The second-order valence-corrected chi connectivity index (χ2v) is 14.5. The molecule has 11 heteroatoms. The average molecular weight is 717 g/mol. The second kappa shape index (κ2) is 15.9. The topological polar surface area (TPSA) is 125 Å². The summed E-state index contributed by atoms with van der Waals surface area (Å²) in [5, 5.41) is 13.4. The molecule has 2 bridgehead atoms. The SMILES string of the molecule is C=CCCC(=O)NC[C@@H](OC(=O)[C@H]1[C@@H]2O[C@@]3(CC2Br)[C@@H]1C(=O)N([C@@H](CO)C(C)C)[C@@H]3C(=O)N(CC=C)C(C)CCC)c1ccccc1. The first-order valence-corrected chi connectivity index (χ1v) is 17.7. The molecule has 0 aliphatic carbocycles. The number of nitrogens with one attached hydrogen (secondary N) is 1. The van der Waals surface area contributed by atoms with E-state index in [0.29, 0.717) is 18.4 Å². The Morgan fingerprint density at radius 3 is 2.51 bits per heavy atom. The van der Waals surface area contributed by atoms with Gasteiger partial charge in [0, 0.05) is 23.8 Å². The van der Waals surface area contributed by atoms with Gasteiger partial charge in [0.15, 0.2) is 0 Å². The molecule has 10 nitrogen and oxygen atoms in total. The summed E-state index contributed by atoms with van der Waals surface area (Å²) in [4.78, 5) is 59.0. The number of likely N-dealkylation sites (tertiary alicyclic amines) is 1. The maximum Gasteiger partial charge on any atom is 0.313 e. The zero-order chi connectivity index (χ0) is 34.5. The lowest BCUT2D eigenvalue weighted by atomic mass is 9.70. The third-order valence-corrected chi connectivity index (χ3v) is 10.7. The number of rotatable bonds is 17. The number of allylic oxidation sites excluding steroid dienone is 1. The zero-order valence-electron chi connectivity index (χ0n) is 28.0. The number of hydrogen-bond donors (Lipinski definition) is 2. The van der Waals surface area contributed by atoms with Crippen molar-refractivity contribution in [2.45, 2.75) is 101 Å². The first kappa shape index (κ1) is 36.8. The molecule has 47 heavy (non-hydrogen) atoms. The molecule has 0 aromatic heterocycles. The van der Waals surface area contributed by atoms with Crippen molar-refractivity contribution in [1.29, 1.82) is 0 Å². The summed E-state index contributed by atoms with van der Waals surface area (Å²) < 4.78 is 12.8. The van der Waals surface area contributed by atoms with Crippen molar-refractivity contribution in [3.8, 4) is 0 Å². The molecular weight excluding hydrogens is 666 g/mol. The minimum absolute atomic E-state index is 0.0461. The number of benzene rings is 1. The van der Waals surface area contributed by atoms with Gasteiger partial charge in [0.05, 0.1) is 37.1 Å². The Hall–Kier alpha value is -3.02. The molecule has 1 aromatic rings. The molecule has 3 aliphatic rings. The molecule has 258 valence electrons. The second-order valence-electron chi connectivity index (χ2n) is 13.3. The summed E-state index contributed by atoms with van der Waals surface area (Å²) in [6, 6.07) is 7.29. The highest BCUT2D eigenvalue weighted by Crippen LogP contribution is 2.61. The van der Waals surface area contributed by atoms with Crippen LogP contribution in [-0.2, 0) is 28.7 Å². The Kier molecular flexibility index (Phi) is 12.5. The number of hydrogen-bond acceptors (Lipinski definition) is 7. The van der Waals surface area contributed by atoms with Gasteiger partial charge < -0.3 is 29.7 Å². The number of esters is 1. The predicted octanol–water partition coefficient (Wildman–Crippen LogP) is 4.32. The molecule has 1 aromatic carbocycles. The van der Waals surface area contributed by atoms with Crippen LogP contribution in [0.25, 0.3) is 0 Å². The average Bonchev–Trinajstić information content (AvgIpc) is 3.64. The number of carbonyl (C=O) groups excluding carboxylic acids is 4. The molecule has 2 N–H and O–H groups in total. The van der Waals surface area contributed by atoms with Crippen molar-refractivity contribution in [2.24, 2.45) is 17.8 Å². The van der Waals surface area contributed by atoms with Crippen LogP contribution in [0, 0.1) is 17.8 Å². The number of alkyl halides is 1. The van der Waals surface area contributed by atoms with Gasteiger partial charge in [-0.1, -0.05) is 85.6 Å². The van der Waals surface area contributed by atoms with Crippen molar-refractivity contribution in [1.82, 2.24) is 15.1 Å². The highest BCUT2D eigenvalue weighted by molar-refractivity contribution is 9.09. The van der Waals surface area contributed by atoms with E-state index in [4.69, 9.17) is 9.47 Å². The van der Waals surface area contributed by atoms with E-state index in [-0.39, 0.29) is 54.7 Å². The van der Waals surface area contributed by atoms with Crippen LogP contribution in [-0.4, -0.2) is 93.0 Å². The van der Waals surface area contributed by atoms with Crippen LogP contribution < -0.4 is 5.32 Å². The Labute approximate surface area is 287 Å². The van der Waals surface area contributed by atoms with Gasteiger partial charge in [-0.05, 0) is 37.7 Å². The molecule has 3 fully saturated rings. The highest BCUT2D eigenvalue weighted by Gasteiger charge is 2.77. The molecule has 9 atom stereocenters. The van der Waals surface area contributed by atoms with Gasteiger partial charge in [-0.15, -0.1) is 13.2 Å². The Balaban J connectivity index is 1.72. The quantitative estimate of drug-likeness (QED) is 0.140. The number of nitrogens with zero attached hydrogens (tertiary/aromatic N) is 2. The number of aliphatic hydroxyl groups excluding tert-OH is 1. The van der Waals surface area contributed by atoms with E-state index in [0.717, 1.165) is 12.8 Å². The molecule has 1 spiro atoms. The normalized spacial score (nSPS) is 28.0. The van der Waals surface area contributed by atoms with Crippen molar-refractivity contribution < 1.29 is 33.8 Å². The van der Waals surface area contributed by atoms with E-state index in [1.54, 1.807) is 17.1 Å². The Morgan fingerprint density at radius 1 is 1.21 bits per heavy atom. The Morgan fingerprint density at radius 2 is 1.91 bits per heavy atom. The summed E-state index contributed by atoms with van der Waals surface area (Å²) >= 11 is 3.72. The summed E-state index contributed by atoms with van der Waals surface area (Å²) in [7, 11) is 0. The van der Waals surface area contributed by atoms with Crippen molar-refractivity contribution in [2.75, 3.05) is 19.7 Å². The van der Waals surface area contributed by atoms with E-state index in [9.17, 15) is 24.3 Å². The van der Waals surface area contributed by atoms with Crippen LogP contribution in [0.15, 0.2) is 55.6 Å². The van der Waals surface area contributed by atoms with Crippen LogP contribution in [0.5, 0.6) is 0 Å². The predicted molar refractivity (Wildman–Crippen MR) is 182 cm³/mol. The van der Waals surface area contributed by atoms with E-state index in [2.05, 4.69) is 41.3 Å². The van der Waals surface area contributed by atoms with Crippen LogP contribution in [0.3, 0.4) is 0 Å². The molecule has 3 heterocycles. The van der Waals surface area contributed by atoms with Crippen LogP contribution in [0.1, 0.15) is 71.5 Å². The van der Waals surface area contributed by atoms with Crippen molar-refractivity contribution in [3.63, 3.8) is 0 Å². The summed E-state index contributed by atoms with van der Waals surface area (Å²) in [6.45, 7) is 15.3. The third-order valence-electron chi connectivity index (χ3n) is 9.88. The first-order chi connectivity index (χ1) is 22.5. The zero-order valence-corrected chi connectivity index (χ0v) is 29.6. The fourth-order valence-corrected chi connectivity index (χ4v) is 8.54. The number of aliphatic hydroxyl groups is 1. The molecule has 3 aliphatic heterocycles. The number of fused-ring (bicyclic) bond motifs is 1. The summed E-state index contributed by atoms with van der Waals surface area (Å²) in [5.74, 6) is -3.66. The fourth-order valence-electron chi connectivity index (χ4n) is 7.59. The van der Waals surface area contributed by atoms with E-state index < -0.39 is 53.6 Å². The molecule has 0 saturated carbocycles. The monoisotopic (exact) mass is 715 g/mol. The minimum Gasteiger partial charge on any atom is -0.455 e. The minimum atomic E-state index is -1.30. The summed E-state index contributed by atoms with van der Waals surface area (Å²) in [5.41, 5.74) is -0.609. The van der Waals surface area contributed by atoms with Crippen LogP contribution >= 0.6 is 15.9 Å². The summed E-state index contributed by atoms with van der Waals surface area (Å²) in [6.07, 6.45) is 4.55. The molecule has 0 radical (unpaired) electrons. The van der Waals surface area contributed by atoms with Crippen molar-refractivity contribution in [3.05, 3.63) is 61.2 Å². The maximum atomic E-state index is 14.7. The smallest absolute Gasteiger partial charge is 0.313 e. The van der Waals surface area contributed by atoms with E-state index in [1.165, 1.54) is 4.90 Å². The van der Waals surface area contributed by atoms with Gasteiger partial charge in [-0.25, -0.2) is 0 Å². The molecule has 3 amide bonds. The maximum absolute atomic E-state index is 14.7. The fraction of sp³-hybridized carbons (Fsp3) is 0.611. The number of amides is 3. The van der Waals surface area contributed by atoms with Crippen LogP contribution in [0.2, 0.25) is 0 Å². The van der Waals surface area contributed by atoms with E-state index in [1.807, 2.05) is 51.1 Å². The van der Waals surface area contributed by atoms with Gasteiger partial charge in [0.25, 0.3) is 0 Å². The van der Waals surface area contributed by atoms with E-state index >= 15 is 0 Å². The standard InChI is InChI=1S/C36H50BrN3O7/c1-7-10-17-28(42)38-20-27(24-15-12-11-13-16-24)46-35(45)29-30-33(43)40(26(21-41)22(4)5)32(36(30)19-25(37)31(29)47-36)34(44)39(18-9-3)23(6)14-8-2/h7,9,11-13,15-16,22-23,25-27,29-32,41H,1,3,8,10,14,17-21H2,2,4-6H3,(H,38,42)/t23?,25?,26-,27+,29+,30-,31+,32+,36-/m0/s1. The molecule has 4 rings (SSSR count). The van der Waals surface area contributed by atoms with Crippen LogP contribution in [0.4, 0.5) is 0 Å². The lowest BCUT2D eigenvalue weighted by Crippen LogP contribution is -2.61. The molecule has 2 unspecified atom stereocenters. The molecule has 3 saturated heterocycles. The van der Waals surface area contributed by atoms with Gasteiger partial charge in [-0.3, -0.25) is 19.2 Å². The lowest BCUT2D eigenvalue weighted by Gasteiger charge is -2.41. The third kappa shape index (κ3) is 7.22. The van der Waals surface area contributed by atoms with Gasteiger partial charge in [0.1, 0.15) is 17.7 Å². The van der Waals surface area contributed by atoms with Crippen molar-refractivity contribution >= 4 is 39.6 Å². The number of halogens is 1. The number of carbonyl (C=O) groups is 4. The largest absolute Gasteiger partial charge is 0.455 e. The molecular formula is C36H50BrN3O7. The number of ether oxygens (including phenoxy) is 2. The first-order valence-electron chi connectivity index (χ1n) is 16.8.